The van der Waals surface area contributed by atoms with Crippen molar-refractivity contribution in [3.05, 3.63) is 12.5 Å². The predicted molar refractivity (Wildman–Crippen MR) is 41.3 cm³/mol. The molecule has 0 aromatic rings. The van der Waals surface area contributed by atoms with Gasteiger partial charge in [0.2, 0.25) is 0 Å². The Morgan fingerprint density at radius 3 is 2.64 bits per heavy atom. The van der Waals surface area contributed by atoms with E-state index in [1.165, 1.54) is 19.3 Å². The fourth-order valence-corrected chi connectivity index (χ4v) is 1.34. The van der Waals surface area contributed by atoms with Gasteiger partial charge in [-0.25, -0.2) is 4.39 Å². The molecule has 0 saturated heterocycles. The highest BCUT2D eigenvalue weighted by molar-refractivity contribution is 4.67. The number of rotatable bonds is 3. The molecule has 2 nitrogen and oxygen atoms in total. The van der Waals surface area contributed by atoms with Gasteiger partial charge in [-0.3, -0.25) is 10.3 Å². The molecule has 0 amide bonds. The second kappa shape index (κ2) is 5.13. The molecule has 0 bridgehead atoms. The van der Waals surface area contributed by atoms with E-state index >= 15 is 0 Å². The summed E-state index contributed by atoms with van der Waals surface area (Å²) in [6, 6.07) is 0. The maximum absolute atomic E-state index is 11.4. The van der Waals surface area contributed by atoms with E-state index < -0.39 is 0 Å². The van der Waals surface area contributed by atoms with Crippen LogP contribution in [0.25, 0.3) is 0 Å². The standard InChI is InChI=1S/C8H14FNO/c9-6-7-10-11-8-4-2-1-3-5-8/h6-8,10H,1-5H2/b7-6-. The topological polar surface area (TPSA) is 21.3 Å². The molecule has 1 aliphatic carbocycles. The van der Waals surface area contributed by atoms with Gasteiger partial charge in [0.25, 0.3) is 0 Å². The zero-order valence-electron chi connectivity index (χ0n) is 6.55. The van der Waals surface area contributed by atoms with Crippen molar-refractivity contribution in [2.24, 2.45) is 0 Å². The van der Waals surface area contributed by atoms with Crippen molar-refractivity contribution < 1.29 is 9.23 Å². The van der Waals surface area contributed by atoms with Gasteiger partial charge in [-0.15, -0.1) is 0 Å². The van der Waals surface area contributed by atoms with Crippen LogP contribution in [-0.2, 0) is 4.84 Å². The molecule has 0 aliphatic heterocycles. The highest BCUT2D eigenvalue weighted by Crippen LogP contribution is 2.19. The maximum Gasteiger partial charge on any atom is 0.105 e. The average molecular weight is 159 g/mol. The van der Waals surface area contributed by atoms with Gasteiger partial charge in [0.15, 0.2) is 0 Å². The highest BCUT2D eigenvalue weighted by Gasteiger charge is 2.12. The molecular formula is C8H14FNO. The van der Waals surface area contributed by atoms with Crippen LogP contribution in [0.15, 0.2) is 12.5 Å². The lowest BCUT2D eigenvalue weighted by Gasteiger charge is -2.20. The van der Waals surface area contributed by atoms with Gasteiger partial charge in [0.05, 0.1) is 12.3 Å². The summed E-state index contributed by atoms with van der Waals surface area (Å²) in [6.45, 7) is 0. The molecule has 0 radical (unpaired) electrons. The van der Waals surface area contributed by atoms with Gasteiger partial charge in [-0.2, -0.15) is 0 Å². The minimum absolute atomic E-state index is 0.278. The molecule has 0 atom stereocenters. The predicted octanol–water partition coefficient (Wildman–Crippen LogP) is 2.28. The number of nitrogens with one attached hydrogen (secondary N) is 1. The molecule has 64 valence electrons. The first kappa shape index (κ1) is 8.53. The molecule has 1 aliphatic rings. The van der Waals surface area contributed by atoms with Crippen molar-refractivity contribution >= 4 is 0 Å². The van der Waals surface area contributed by atoms with Crippen molar-refractivity contribution in [1.29, 1.82) is 0 Å². The van der Waals surface area contributed by atoms with Crippen molar-refractivity contribution in [1.82, 2.24) is 5.48 Å². The second-order valence-corrected chi connectivity index (χ2v) is 2.79. The van der Waals surface area contributed by atoms with Crippen molar-refractivity contribution in [2.45, 2.75) is 38.2 Å². The Labute approximate surface area is 66.4 Å². The van der Waals surface area contributed by atoms with Gasteiger partial charge in [-0.1, -0.05) is 19.3 Å². The van der Waals surface area contributed by atoms with Crippen molar-refractivity contribution in [2.75, 3.05) is 0 Å². The SMILES string of the molecule is F/C=C\NOC1CCCCC1. The van der Waals surface area contributed by atoms with Crippen LogP contribution in [-0.4, -0.2) is 6.10 Å². The van der Waals surface area contributed by atoms with E-state index in [2.05, 4.69) is 5.48 Å². The largest absolute Gasteiger partial charge is 0.273 e. The summed E-state index contributed by atoms with van der Waals surface area (Å²) < 4.78 is 11.4. The quantitative estimate of drug-likeness (QED) is 0.638. The first-order chi connectivity index (χ1) is 5.43. The lowest BCUT2D eigenvalue weighted by Crippen LogP contribution is -2.22. The molecule has 0 aromatic heterocycles. The lowest BCUT2D eigenvalue weighted by atomic mass is 9.98. The summed E-state index contributed by atoms with van der Waals surface area (Å²) in [4.78, 5) is 5.15. The number of hydrogen-bond acceptors (Lipinski definition) is 2. The summed E-state index contributed by atoms with van der Waals surface area (Å²) in [7, 11) is 0. The first-order valence-electron chi connectivity index (χ1n) is 4.10. The molecular weight excluding hydrogens is 145 g/mol. The smallest absolute Gasteiger partial charge is 0.105 e. The fourth-order valence-electron chi connectivity index (χ4n) is 1.34. The van der Waals surface area contributed by atoms with Crippen LogP contribution in [0.1, 0.15) is 32.1 Å². The summed E-state index contributed by atoms with van der Waals surface area (Å²) in [5.41, 5.74) is 2.45. The molecule has 0 aromatic carbocycles. The normalized spacial score (nSPS) is 20.8. The van der Waals surface area contributed by atoms with Crippen molar-refractivity contribution in [3.8, 4) is 0 Å². The summed E-state index contributed by atoms with van der Waals surface area (Å²) in [6.07, 6.45) is 7.81. The summed E-state index contributed by atoms with van der Waals surface area (Å²) in [5, 5.41) is 0. The Kier molecular flexibility index (Phi) is 3.98. The van der Waals surface area contributed by atoms with E-state index in [4.69, 9.17) is 4.84 Å². The third-order valence-electron chi connectivity index (χ3n) is 1.92. The van der Waals surface area contributed by atoms with Gasteiger partial charge >= 0.3 is 0 Å². The van der Waals surface area contributed by atoms with E-state index in [0.717, 1.165) is 19.0 Å². The molecule has 0 heterocycles. The molecule has 0 spiro atoms. The first-order valence-corrected chi connectivity index (χ1v) is 4.10. The van der Waals surface area contributed by atoms with Crippen LogP contribution < -0.4 is 5.48 Å². The zero-order chi connectivity index (χ0) is 7.94. The van der Waals surface area contributed by atoms with Crippen molar-refractivity contribution in [3.63, 3.8) is 0 Å². The monoisotopic (exact) mass is 159 g/mol. The third-order valence-corrected chi connectivity index (χ3v) is 1.92. The Morgan fingerprint density at radius 2 is 2.00 bits per heavy atom. The van der Waals surface area contributed by atoms with Crippen LogP contribution in [0.3, 0.4) is 0 Å². The molecule has 11 heavy (non-hydrogen) atoms. The van der Waals surface area contributed by atoms with Crippen LogP contribution in [0.5, 0.6) is 0 Å². The van der Waals surface area contributed by atoms with E-state index in [1.807, 2.05) is 0 Å². The lowest BCUT2D eigenvalue weighted by molar-refractivity contribution is -0.0209. The third kappa shape index (κ3) is 3.37. The zero-order valence-corrected chi connectivity index (χ0v) is 6.55. The van der Waals surface area contributed by atoms with Crippen LogP contribution in [0.4, 0.5) is 4.39 Å². The molecule has 1 N–H and O–H groups in total. The van der Waals surface area contributed by atoms with Gasteiger partial charge in [0, 0.05) is 0 Å². The Balaban J connectivity index is 2.04. The highest BCUT2D eigenvalue weighted by atomic mass is 19.1. The molecule has 0 unspecified atom stereocenters. The average Bonchev–Trinajstić information content (AvgIpc) is 2.07. The van der Waals surface area contributed by atoms with Crippen LogP contribution >= 0.6 is 0 Å². The van der Waals surface area contributed by atoms with E-state index in [0.29, 0.717) is 6.33 Å². The second-order valence-electron chi connectivity index (χ2n) is 2.79. The number of halogens is 1. The van der Waals surface area contributed by atoms with E-state index in [-0.39, 0.29) is 6.10 Å². The molecule has 3 heteroatoms. The van der Waals surface area contributed by atoms with Crippen LogP contribution in [0, 0.1) is 0 Å². The van der Waals surface area contributed by atoms with Crippen LogP contribution in [0.2, 0.25) is 0 Å². The van der Waals surface area contributed by atoms with Gasteiger partial charge in [0.1, 0.15) is 6.33 Å². The summed E-state index contributed by atoms with van der Waals surface area (Å²) in [5.74, 6) is 0. The minimum atomic E-state index is 0.278. The maximum atomic E-state index is 11.4. The van der Waals surface area contributed by atoms with E-state index in [9.17, 15) is 4.39 Å². The fraction of sp³-hybridized carbons (Fsp3) is 0.750. The van der Waals surface area contributed by atoms with Gasteiger partial charge < -0.3 is 0 Å². The molecule has 1 saturated carbocycles. The number of hydroxylamine groups is 1. The number of hydrogen-bond donors (Lipinski definition) is 1. The van der Waals surface area contributed by atoms with E-state index in [1.54, 1.807) is 0 Å². The Hall–Kier alpha value is -0.570. The Morgan fingerprint density at radius 1 is 1.27 bits per heavy atom. The Bertz CT molecular complexity index is 121. The molecule has 1 rings (SSSR count). The minimum Gasteiger partial charge on any atom is -0.273 e. The van der Waals surface area contributed by atoms with Gasteiger partial charge in [-0.05, 0) is 12.8 Å². The summed E-state index contributed by atoms with van der Waals surface area (Å²) >= 11 is 0. The molecule has 1 fully saturated rings.